The van der Waals surface area contributed by atoms with Gasteiger partial charge in [0.15, 0.2) is 14.9 Å². The minimum Gasteiger partial charge on any atom is -0.369 e. The third-order valence-corrected chi connectivity index (χ3v) is 3.46. The summed E-state index contributed by atoms with van der Waals surface area (Å²) in [5.74, 6) is -0.548. The fourth-order valence-electron chi connectivity index (χ4n) is 1.06. The van der Waals surface area contributed by atoms with Crippen LogP contribution in [0.4, 0.5) is 0 Å². The molecule has 0 radical (unpaired) electrons. The predicted molar refractivity (Wildman–Crippen MR) is 54.9 cm³/mol. The highest BCUT2D eigenvalue weighted by atomic mass is 32.2. The SMILES string of the molecule is CCS(=O)(=O)c1cccc(CC(N)=O)n1. The summed E-state index contributed by atoms with van der Waals surface area (Å²) in [6, 6.07) is 4.52. The monoisotopic (exact) mass is 228 g/mol. The van der Waals surface area contributed by atoms with Crippen LogP contribution in [0.3, 0.4) is 0 Å². The molecule has 0 aliphatic rings. The molecule has 2 N–H and O–H groups in total. The Bertz CT molecular complexity index is 468. The highest BCUT2D eigenvalue weighted by Crippen LogP contribution is 2.08. The number of sulfone groups is 1. The van der Waals surface area contributed by atoms with Crippen LogP contribution >= 0.6 is 0 Å². The molecule has 0 saturated carbocycles. The molecular weight excluding hydrogens is 216 g/mol. The van der Waals surface area contributed by atoms with Gasteiger partial charge in [-0.2, -0.15) is 0 Å². The van der Waals surface area contributed by atoms with E-state index < -0.39 is 15.7 Å². The van der Waals surface area contributed by atoms with Crippen molar-refractivity contribution in [1.29, 1.82) is 0 Å². The summed E-state index contributed by atoms with van der Waals surface area (Å²) in [7, 11) is -3.32. The minimum absolute atomic E-state index is 0.0104. The molecule has 5 nitrogen and oxygen atoms in total. The lowest BCUT2D eigenvalue weighted by Crippen LogP contribution is -2.15. The standard InChI is InChI=1S/C9H12N2O3S/c1-2-15(13,14)9-5-3-4-7(11-9)6-8(10)12/h3-5H,2,6H2,1H3,(H2,10,12). The fourth-order valence-corrected chi connectivity index (χ4v) is 1.89. The number of pyridine rings is 1. The first-order chi connectivity index (χ1) is 6.95. The molecule has 15 heavy (non-hydrogen) atoms. The average molecular weight is 228 g/mol. The Hall–Kier alpha value is -1.43. The minimum atomic E-state index is -3.32. The maximum atomic E-state index is 11.5. The van der Waals surface area contributed by atoms with Crippen LogP contribution in [0, 0.1) is 0 Å². The summed E-state index contributed by atoms with van der Waals surface area (Å²) in [5.41, 5.74) is 5.36. The van der Waals surface area contributed by atoms with E-state index in [4.69, 9.17) is 5.73 Å². The third-order valence-electron chi connectivity index (χ3n) is 1.84. The van der Waals surface area contributed by atoms with Crippen molar-refractivity contribution in [2.45, 2.75) is 18.4 Å². The van der Waals surface area contributed by atoms with E-state index >= 15 is 0 Å². The number of rotatable bonds is 4. The molecule has 0 atom stereocenters. The van der Waals surface area contributed by atoms with Crippen molar-refractivity contribution in [3.8, 4) is 0 Å². The van der Waals surface area contributed by atoms with Gasteiger partial charge in [-0.05, 0) is 12.1 Å². The highest BCUT2D eigenvalue weighted by molar-refractivity contribution is 7.91. The fraction of sp³-hybridized carbons (Fsp3) is 0.333. The van der Waals surface area contributed by atoms with Crippen LogP contribution in [0.25, 0.3) is 0 Å². The summed E-state index contributed by atoms with van der Waals surface area (Å²) in [4.78, 5) is 14.5. The second kappa shape index (κ2) is 4.39. The summed E-state index contributed by atoms with van der Waals surface area (Å²) in [5, 5.41) is -0.0104. The van der Waals surface area contributed by atoms with Gasteiger partial charge in [0.1, 0.15) is 0 Å². The number of nitrogens with two attached hydrogens (primary N) is 1. The smallest absolute Gasteiger partial charge is 0.223 e. The van der Waals surface area contributed by atoms with E-state index in [-0.39, 0.29) is 17.2 Å². The van der Waals surface area contributed by atoms with Gasteiger partial charge in [0, 0.05) is 0 Å². The molecule has 82 valence electrons. The molecule has 1 heterocycles. The zero-order chi connectivity index (χ0) is 11.5. The van der Waals surface area contributed by atoms with Gasteiger partial charge in [0.05, 0.1) is 17.9 Å². The molecule has 1 amide bonds. The summed E-state index contributed by atoms with van der Waals surface area (Å²) >= 11 is 0. The van der Waals surface area contributed by atoms with E-state index in [0.29, 0.717) is 5.69 Å². The van der Waals surface area contributed by atoms with Crippen LogP contribution in [-0.2, 0) is 21.1 Å². The van der Waals surface area contributed by atoms with E-state index in [1.807, 2.05) is 0 Å². The normalized spacial score (nSPS) is 11.3. The summed E-state index contributed by atoms with van der Waals surface area (Å²) in [6.07, 6.45) is -0.0485. The van der Waals surface area contributed by atoms with Crippen molar-refractivity contribution in [3.63, 3.8) is 0 Å². The quantitative estimate of drug-likeness (QED) is 0.779. The Labute approximate surface area is 88.2 Å². The van der Waals surface area contributed by atoms with Gasteiger partial charge in [-0.25, -0.2) is 13.4 Å². The highest BCUT2D eigenvalue weighted by Gasteiger charge is 2.13. The zero-order valence-electron chi connectivity index (χ0n) is 8.30. The number of carbonyl (C=O) groups excluding carboxylic acids is 1. The molecule has 6 heteroatoms. The van der Waals surface area contributed by atoms with Gasteiger partial charge in [0.25, 0.3) is 0 Å². The first-order valence-electron chi connectivity index (χ1n) is 4.42. The Morgan fingerprint density at radius 2 is 2.13 bits per heavy atom. The van der Waals surface area contributed by atoms with Gasteiger partial charge in [-0.3, -0.25) is 4.79 Å². The lowest BCUT2D eigenvalue weighted by Gasteiger charge is -2.02. The molecule has 0 aliphatic carbocycles. The molecule has 0 aliphatic heterocycles. The molecule has 1 rings (SSSR count). The predicted octanol–water partition coefficient (Wildman–Crippen LogP) is -0.0970. The molecule has 1 aromatic heterocycles. The van der Waals surface area contributed by atoms with Gasteiger partial charge in [-0.1, -0.05) is 13.0 Å². The maximum absolute atomic E-state index is 11.5. The topological polar surface area (TPSA) is 90.1 Å². The lowest BCUT2D eigenvalue weighted by atomic mass is 10.3. The number of nitrogens with zero attached hydrogens (tertiary/aromatic N) is 1. The average Bonchev–Trinajstić information content (AvgIpc) is 2.17. The number of carbonyl (C=O) groups is 1. The van der Waals surface area contributed by atoms with Crippen LogP contribution in [0.15, 0.2) is 23.2 Å². The van der Waals surface area contributed by atoms with E-state index in [1.54, 1.807) is 12.1 Å². The largest absolute Gasteiger partial charge is 0.369 e. The second-order valence-electron chi connectivity index (χ2n) is 3.01. The molecule has 0 aromatic carbocycles. The van der Waals surface area contributed by atoms with Gasteiger partial charge in [0.2, 0.25) is 5.91 Å². The van der Waals surface area contributed by atoms with Gasteiger partial charge < -0.3 is 5.73 Å². The van der Waals surface area contributed by atoms with E-state index in [0.717, 1.165) is 0 Å². The van der Waals surface area contributed by atoms with Crippen molar-refractivity contribution in [2.24, 2.45) is 5.73 Å². The van der Waals surface area contributed by atoms with Crippen LogP contribution in [0.5, 0.6) is 0 Å². The van der Waals surface area contributed by atoms with Crippen LogP contribution in [0.2, 0.25) is 0 Å². The maximum Gasteiger partial charge on any atom is 0.223 e. The molecule has 0 spiro atoms. The lowest BCUT2D eigenvalue weighted by molar-refractivity contribution is -0.117. The van der Waals surface area contributed by atoms with E-state index in [9.17, 15) is 13.2 Å². The molecule has 0 unspecified atom stereocenters. The van der Waals surface area contributed by atoms with E-state index in [2.05, 4.69) is 4.98 Å². The number of primary amides is 1. The number of aromatic nitrogens is 1. The van der Waals surface area contributed by atoms with Crippen molar-refractivity contribution in [3.05, 3.63) is 23.9 Å². The van der Waals surface area contributed by atoms with Gasteiger partial charge >= 0.3 is 0 Å². The molecule has 0 fully saturated rings. The molecular formula is C9H12N2O3S. The Morgan fingerprint density at radius 1 is 1.47 bits per heavy atom. The Morgan fingerprint density at radius 3 is 2.67 bits per heavy atom. The molecule has 0 saturated heterocycles. The number of amides is 1. The summed E-state index contributed by atoms with van der Waals surface area (Å²) < 4.78 is 22.9. The van der Waals surface area contributed by atoms with Crippen molar-refractivity contribution < 1.29 is 13.2 Å². The van der Waals surface area contributed by atoms with Gasteiger partial charge in [-0.15, -0.1) is 0 Å². The van der Waals surface area contributed by atoms with Crippen LogP contribution in [-0.4, -0.2) is 25.1 Å². The van der Waals surface area contributed by atoms with Crippen LogP contribution in [0.1, 0.15) is 12.6 Å². The molecule has 0 bridgehead atoms. The third kappa shape index (κ3) is 3.02. The van der Waals surface area contributed by atoms with Crippen molar-refractivity contribution in [2.75, 3.05) is 5.75 Å². The first kappa shape index (κ1) is 11.6. The van der Waals surface area contributed by atoms with Crippen molar-refractivity contribution in [1.82, 2.24) is 4.98 Å². The van der Waals surface area contributed by atoms with E-state index in [1.165, 1.54) is 13.0 Å². The summed E-state index contributed by atoms with van der Waals surface area (Å²) in [6.45, 7) is 1.54. The molecule has 1 aromatic rings. The first-order valence-corrected chi connectivity index (χ1v) is 6.08. The zero-order valence-corrected chi connectivity index (χ0v) is 9.12. The second-order valence-corrected chi connectivity index (χ2v) is 5.24. The van der Waals surface area contributed by atoms with Crippen LogP contribution < -0.4 is 5.73 Å². The Balaban J connectivity index is 3.08. The number of hydrogen-bond acceptors (Lipinski definition) is 4. The Kier molecular flexibility index (Phi) is 3.41. The number of hydrogen-bond donors (Lipinski definition) is 1. The van der Waals surface area contributed by atoms with Crippen molar-refractivity contribution >= 4 is 15.7 Å².